The zero-order chi connectivity index (χ0) is 15.6. The topological polar surface area (TPSA) is 25.2 Å². The van der Waals surface area contributed by atoms with E-state index in [0.717, 1.165) is 13.0 Å². The molecule has 1 amide bonds. The van der Waals surface area contributed by atoms with Gasteiger partial charge in [-0.1, -0.05) is 27.7 Å². The van der Waals surface area contributed by atoms with Crippen LogP contribution in [0.2, 0.25) is 0 Å². The van der Waals surface area contributed by atoms with Crippen LogP contribution in [0.1, 0.15) is 59.1 Å². The van der Waals surface area contributed by atoms with Gasteiger partial charge in [0.25, 0.3) is 0 Å². The number of hydrogen-bond donors (Lipinski definition) is 0. The SMILES string of the molecule is CC(CC(=O)N(Cc1cccn1C)C1CC1)CC(C)(C)C. The number of carbonyl (C=O) groups excluding carboxylic acids is 1. The van der Waals surface area contributed by atoms with E-state index in [-0.39, 0.29) is 0 Å². The van der Waals surface area contributed by atoms with Gasteiger partial charge in [0.15, 0.2) is 0 Å². The summed E-state index contributed by atoms with van der Waals surface area (Å²) in [6.07, 6.45) is 6.17. The molecule has 21 heavy (non-hydrogen) atoms. The van der Waals surface area contributed by atoms with Gasteiger partial charge in [0.05, 0.1) is 6.54 Å². The van der Waals surface area contributed by atoms with Crippen LogP contribution >= 0.6 is 0 Å². The van der Waals surface area contributed by atoms with Gasteiger partial charge in [-0.2, -0.15) is 0 Å². The number of amides is 1. The third-order valence-corrected chi connectivity index (χ3v) is 4.18. The van der Waals surface area contributed by atoms with Gasteiger partial charge >= 0.3 is 0 Å². The molecule has 1 atom stereocenters. The highest BCUT2D eigenvalue weighted by atomic mass is 16.2. The average molecular weight is 290 g/mol. The number of aryl methyl sites for hydroxylation is 1. The molecule has 0 N–H and O–H groups in total. The average Bonchev–Trinajstić information content (AvgIpc) is 3.08. The van der Waals surface area contributed by atoms with Crippen molar-refractivity contribution < 1.29 is 4.79 Å². The number of hydrogen-bond acceptors (Lipinski definition) is 1. The van der Waals surface area contributed by atoms with E-state index >= 15 is 0 Å². The molecular formula is C18H30N2O. The largest absolute Gasteiger partial charge is 0.353 e. The quantitative estimate of drug-likeness (QED) is 0.778. The molecule has 0 aromatic carbocycles. The molecule has 1 aliphatic carbocycles. The fourth-order valence-electron chi connectivity index (χ4n) is 3.18. The van der Waals surface area contributed by atoms with E-state index in [4.69, 9.17) is 0 Å². The second-order valence-corrected chi connectivity index (χ2v) is 7.94. The lowest BCUT2D eigenvalue weighted by Gasteiger charge is -2.27. The van der Waals surface area contributed by atoms with Crippen molar-refractivity contribution in [3.63, 3.8) is 0 Å². The van der Waals surface area contributed by atoms with E-state index in [1.54, 1.807) is 0 Å². The zero-order valence-corrected chi connectivity index (χ0v) is 14.2. The molecule has 0 radical (unpaired) electrons. The first-order valence-corrected chi connectivity index (χ1v) is 8.16. The van der Waals surface area contributed by atoms with Crippen molar-refractivity contribution in [1.82, 2.24) is 9.47 Å². The van der Waals surface area contributed by atoms with Gasteiger partial charge in [0.2, 0.25) is 5.91 Å². The van der Waals surface area contributed by atoms with Crippen molar-refractivity contribution in [2.45, 2.75) is 66.0 Å². The molecule has 118 valence electrons. The minimum absolute atomic E-state index is 0.294. The molecule has 1 aliphatic rings. The summed E-state index contributed by atoms with van der Waals surface area (Å²) in [5.41, 5.74) is 1.51. The van der Waals surface area contributed by atoms with Crippen LogP contribution < -0.4 is 0 Å². The molecule has 3 nitrogen and oxygen atoms in total. The fourth-order valence-corrected chi connectivity index (χ4v) is 3.18. The lowest BCUT2D eigenvalue weighted by atomic mass is 9.84. The molecule has 0 spiro atoms. The first-order chi connectivity index (χ1) is 9.76. The smallest absolute Gasteiger partial charge is 0.223 e. The molecule has 1 fully saturated rings. The molecule has 1 aromatic heterocycles. The van der Waals surface area contributed by atoms with Gasteiger partial charge in [0, 0.05) is 31.4 Å². The molecule has 0 bridgehead atoms. The lowest BCUT2D eigenvalue weighted by Crippen LogP contribution is -2.34. The number of aromatic nitrogens is 1. The molecule has 3 heteroatoms. The molecule has 1 heterocycles. The van der Waals surface area contributed by atoms with E-state index in [0.29, 0.717) is 29.7 Å². The van der Waals surface area contributed by atoms with Crippen LogP contribution in [0.15, 0.2) is 18.3 Å². The maximum Gasteiger partial charge on any atom is 0.223 e. The lowest BCUT2D eigenvalue weighted by molar-refractivity contribution is -0.133. The normalized spacial score (nSPS) is 16.8. The molecule has 1 aromatic rings. The van der Waals surface area contributed by atoms with Crippen LogP contribution in [0, 0.1) is 11.3 Å². The zero-order valence-electron chi connectivity index (χ0n) is 14.2. The standard InChI is InChI=1S/C18H30N2O/c1-14(12-18(2,3)4)11-17(21)20(15-8-9-15)13-16-7-6-10-19(16)5/h6-7,10,14-15H,8-9,11-13H2,1-5H3. The van der Waals surface area contributed by atoms with Gasteiger partial charge in [-0.05, 0) is 42.7 Å². The van der Waals surface area contributed by atoms with Crippen LogP contribution in [-0.2, 0) is 18.4 Å². The molecule has 1 unspecified atom stereocenters. The Morgan fingerprint density at radius 2 is 2.10 bits per heavy atom. The van der Waals surface area contributed by atoms with E-state index < -0.39 is 0 Å². The summed E-state index contributed by atoms with van der Waals surface area (Å²) < 4.78 is 2.11. The van der Waals surface area contributed by atoms with E-state index in [9.17, 15) is 4.79 Å². The van der Waals surface area contributed by atoms with E-state index in [2.05, 4.69) is 43.2 Å². The van der Waals surface area contributed by atoms with E-state index in [1.165, 1.54) is 18.5 Å². The van der Waals surface area contributed by atoms with Crippen molar-refractivity contribution in [3.8, 4) is 0 Å². The van der Waals surface area contributed by atoms with Crippen LogP contribution in [-0.4, -0.2) is 21.4 Å². The van der Waals surface area contributed by atoms with Gasteiger partial charge in [0.1, 0.15) is 0 Å². The Morgan fingerprint density at radius 3 is 2.57 bits per heavy atom. The van der Waals surface area contributed by atoms with E-state index in [1.807, 2.05) is 19.3 Å². The summed E-state index contributed by atoms with van der Waals surface area (Å²) in [4.78, 5) is 14.8. The molecule has 0 aliphatic heterocycles. The first-order valence-electron chi connectivity index (χ1n) is 8.16. The minimum Gasteiger partial charge on any atom is -0.353 e. The third kappa shape index (κ3) is 4.90. The Morgan fingerprint density at radius 1 is 1.43 bits per heavy atom. The summed E-state index contributed by atoms with van der Waals surface area (Å²) in [5.74, 6) is 0.780. The van der Waals surface area contributed by atoms with Crippen molar-refractivity contribution in [1.29, 1.82) is 0 Å². The number of nitrogens with zero attached hydrogens (tertiary/aromatic N) is 2. The molecule has 2 rings (SSSR count). The van der Waals surface area contributed by atoms with Crippen LogP contribution in [0.5, 0.6) is 0 Å². The van der Waals surface area contributed by atoms with Gasteiger partial charge in [-0.15, -0.1) is 0 Å². The maximum atomic E-state index is 12.7. The summed E-state index contributed by atoms with van der Waals surface area (Å²) >= 11 is 0. The van der Waals surface area contributed by atoms with Crippen LogP contribution in [0.25, 0.3) is 0 Å². The Balaban J connectivity index is 1.95. The Hall–Kier alpha value is -1.25. The van der Waals surface area contributed by atoms with Gasteiger partial charge in [-0.25, -0.2) is 0 Å². The van der Waals surface area contributed by atoms with Crippen molar-refractivity contribution >= 4 is 5.91 Å². The van der Waals surface area contributed by atoms with Crippen molar-refractivity contribution in [2.24, 2.45) is 18.4 Å². The first kappa shape index (κ1) is 16.1. The van der Waals surface area contributed by atoms with Crippen molar-refractivity contribution in [3.05, 3.63) is 24.0 Å². The van der Waals surface area contributed by atoms with Gasteiger partial charge < -0.3 is 9.47 Å². The molecule has 0 saturated heterocycles. The van der Waals surface area contributed by atoms with Crippen molar-refractivity contribution in [2.75, 3.05) is 0 Å². The van der Waals surface area contributed by atoms with Crippen LogP contribution in [0.4, 0.5) is 0 Å². The third-order valence-electron chi connectivity index (χ3n) is 4.18. The maximum absolute atomic E-state index is 12.7. The molecule has 1 saturated carbocycles. The minimum atomic E-state index is 0.294. The number of carbonyl (C=O) groups is 1. The van der Waals surface area contributed by atoms with Crippen LogP contribution in [0.3, 0.4) is 0 Å². The summed E-state index contributed by atoms with van der Waals surface area (Å²) in [6.45, 7) is 9.70. The second-order valence-electron chi connectivity index (χ2n) is 7.94. The highest BCUT2D eigenvalue weighted by Crippen LogP contribution is 2.31. The predicted molar refractivity (Wildman–Crippen MR) is 86.8 cm³/mol. The molecular weight excluding hydrogens is 260 g/mol. The Bertz CT molecular complexity index is 480. The number of rotatable bonds is 6. The highest BCUT2D eigenvalue weighted by Gasteiger charge is 2.33. The summed E-state index contributed by atoms with van der Waals surface area (Å²) in [6, 6.07) is 4.64. The van der Waals surface area contributed by atoms with Gasteiger partial charge in [-0.3, -0.25) is 4.79 Å². The monoisotopic (exact) mass is 290 g/mol. The highest BCUT2D eigenvalue weighted by molar-refractivity contribution is 5.77. The Labute approximate surface area is 129 Å². The summed E-state index contributed by atoms with van der Waals surface area (Å²) in [5, 5.41) is 0. The second kappa shape index (κ2) is 6.25. The predicted octanol–water partition coefficient (Wildman–Crippen LogP) is 3.98. The Kier molecular flexibility index (Phi) is 4.80. The fraction of sp³-hybridized carbons (Fsp3) is 0.722. The summed E-state index contributed by atoms with van der Waals surface area (Å²) in [7, 11) is 2.05.